The van der Waals surface area contributed by atoms with Crippen LogP contribution in [0.1, 0.15) is 24.0 Å². The highest BCUT2D eigenvalue weighted by molar-refractivity contribution is 6.30. The Morgan fingerprint density at radius 2 is 1.48 bits per heavy atom. The second-order valence-corrected chi connectivity index (χ2v) is 5.90. The first kappa shape index (κ1) is 17.5. The van der Waals surface area contributed by atoms with Gasteiger partial charge in [0.25, 0.3) is 0 Å². The maximum Gasteiger partial charge on any atom is 0.161 e. The topological polar surface area (TPSA) is 27.7 Å². The molecule has 0 atom stereocenters. The minimum Gasteiger partial charge on any atom is -0.493 e. The van der Waals surface area contributed by atoms with E-state index in [1.807, 2.05) is 50.2 Å². The number of ether oxygens (including phenoxy) is 3. The summed E-state index contributed by atoms with van der Waals surface area (Å²) in [6, 6.07) is 11.6. The quantitative estimate of drug-likeness (QED) is 0.621. The Kier molecular flexibility index (Phi) is 6.60. The Morgan fingerprint density at radius 3 is 2.13 bits per heavy atom. The van der Waals surface area contributed by atoms with Crippen LogP contribution in [0.25, 0.3) is 0 Å². The van der Waals surface area contributed by atoms with Crippen molar-refractivity contribution in [3.8, 4) is 17.2 Å². The maximum absolute atomic E-state index is 5.93. The molecule has 0 saturated heterocycles. The van der Waals surface area contributed by atoms with Gasteiger partial charge in [-0.05, 0) is 68.1 Å². The van der Waals surface area contributed by atoms with E-state index in [-0.39, 0.29) is 0 Å². The second-order valence-electron chi connectivity index (χ2n) is 5.47. The van der Waals surface area contributed by atoms with Gasteiger partial charge in [-0.1, -0.05) is 17.7 Å². The van der Waals surface area contributed by atoms with Gasteiger partial charge in [0.2, 0.25) is 0 Å². The highest BCUT2D eigenvalue weighted by atomic mass is 35.5. The smallest absolute Gasteiger partial charge is 0.161 e. The number of unbranched alkanes of at least 4 members (excludes halogenated alkanes) is 1. The summed E-state index contributed by atoms with van der Waals surface area (Å²) < 4.78 is 16.9. The Bertz CT molecular complexity index is 641. The fourth-order valence-corrected chi connectivity index (χ4v) is 2.46. The summed E-state index contributed by atoms with van der Waals surface area (Å²) in [6.07, 6.45) is 1.85. The molecule has 4 heteroatoms. The zero-order chi connectivity index (χ0) is 16.7. The number of hydrogen-bond donors (Lipinski definition) is 0. The van der Waals surface area contributed by atoms with Crippen molar-refractivity contribution in [1.82, 2.24) is 0 Å². The van der Waals surface area contributed by atoms with Crippen LogP contribution in [-0.2, 0) is 0 Å². The number of hydrogen-bond acceptors (Lipinski definition) is 3. The first-order valence-electron chi connectivity index (χ1n) is 7.76. The molecule has 0 radical (unpaired) electrons. The first-order chi connectivity index (χ1) is 11.1. The number of aryl methyl sites for hydroxylation is 2. The molecule has 3 nitrogen and oxygen atoms in total. The lowest BCUT2D eigenvalue weighted by Crippen LogP contribution is -2.04. The minimum absolute atomic E-state index is 0.641. The van der Waals surface area contributed by atoms with Crippen molar-refractivity contribution >= 4 is 11.6 Å². The van der Waals surface area contributed by atoms with Gasteiger partial charge < -0.3 is 14.2 Å². The van der Waals surface area contributed by atoms with Crippen LogP contribution in [0.5, 0.6) is 17.2 Å². The van der Waals surface area contributed by atoms with Crippen LogP contribution in [0, 0.1) is 13.8 Å². The van der Waals surface area contributed by atoms with E-state index in [0.717, 1.165) is 46.2 Å². The summed E-state index contributed by atoms with van der Waals surface area (Å²) in [6.45, 7) is 5.33. The van der Waals surface area contributed by atoms with Gasteiger partial charge in [-0.15, -0.1) is 0 Å². The Hall–Kier alpha value is -1.87. The molecule has 0 spiro atoms. The summed E-state index contributed by atoms with van der Waals surface area (Å²) >= 11 is 5.93. The summed E-state index contributed by atoms with van der Waals surface area (Å²) in [7, 11) is 1.66. The molecule has 0 saturated carbocycles. The maximum atomic E-state index is 5.93. The molecular formula is C19H23ClO3. The monoisotopic (exact) mass is 334 g/mol. The van der Waals surface area contributed by atoms with Gasteiger partial charge in [0, 0.05) is 5.02 Å². The zero-order valence-electron chi connectivity index (χ0n) is 13.9. The molecule has 0 aliphatic heterocycles. The fraction of sp³-hybridized carbons (Fsp3) is 0.368. The van der Waals surface area contributed by atoms with Gasteiger partial charge in [-0.2, -0.15) is 0 Å². The van der Waals surface area contributed by atoms with Crippen LogP contribution in [0.15, 0.2) is 36.4 Å². The van der Waals surface area contributed by atoms with E-state index in [1.54, 1.807) is 7.11 Å². The molecule has 0 N–H and O–H groups in total. The predicted octanol–water partition coefficient (Wildman–Crippen LogP) is 5.20. The van der Waals surface area contributed by atoms with Crippen LogP contribution in [0.4, 0.5) is 0 Å². The van der Waals surface area contributed by atoms with Crippen molar-refractivity contribution in [2.45, 2.75) is 26.7 Å². The van der Waals surface area contributed by atoms with E-state index in [4.69, 9.17) is 25.8 Å². The average Bonchev–Trinajstić information content (AvgIpc) is 2.53. The third-order valence-electron chi connectivity index (χ3n) is 3.51. The van der Waals surface area contributed by atoms with Crippen molar-refractivity contribution in [1.29, 1.82) is 0 Å². The first-order valence-corrected chi connectivity index (χ1v) is 8.14. The molecule has 23 heavy (non-hydrogen) atoms. The lowest BCUT2D eigenvalue weighted by Gasteiger charge is -2.12. The van der Waals surface area contributed by atoms with Gasteiger partial charge >= 0.3 is 0 Å². The molecule has 0 aliphatic carbocycles. The van der Waals surface area contributed by atoms with E-state index in [2.05, 4.69) is 0 Å². The molecular weight excluding hydrogens is 312 g/mol. The molecule has 2 rings (SSSR count). The zero-order valence-corrected chi connectivity index (χ0v) is 14.7. The molecule has 124 valence electrons. The summed E-state index contributed by atoms with van der Waals surface area (Å²) in [5.74, 6) is 2.45. The van der Waals surface area contributed by atoms with Crippen LogP contribution in [0.2, 0.25) is 5.02 Å². The van der Waals surface area contributed by atoms with Crippen molar-refractivity contribution in [2.75, 3.05) is 20.3 Å². The molecule has 0 amide bonds. The largest absolute Gasteiger partial charge is 0.493 e. The molecule has 0 unspecified atom stereocenters. The van der Waals surface area contributed by atoms with Crippen molar-refractivity contribution in [3.05, 3.63) is 52.5 Å². The van der Waals surface area contributed by atoms with Crippen LogP contribution < -0.4 is 14.2 Å². The van der Waals surface area contributed by atoms with Gasteiger partial charge in [0.05, 0.1) is 20.3 Å². The number of rotatable bonds is 8. The van der Waals surface area contributed by atoms with E-state index < -0.39 is 0 Å². The number of benzene rings is 2. The summed E-state index contributed by atoms with van der Waals surface area (Å²) in [5.41, 5.74) is 2.21. The number of halogens is 1. The molecule has 0 fully saturated rings. The summed E-state index contributed by atoms with van der Waals surface area (Å²) in [4.78, 5) is 0. The van der Waals surface area contributed by atoms with Crippen molar-refractivity contribution in [3.63, 3.8) is 0 Å². The molecule has 0 heterocycles. The fourth-order valence-electron chi connectivity index (χ4n) is 2.24. The van der Waals surface area contributed by atoms with Crippen molar-refractivity contribution in [2.24, 2.45) is 0 Å². The third kappa shape index (κ3) is 5.36. The van der Waals surface area contributed by atoms with Crippen LogP contribution >= 0.6 is 11.6 Å². The second kappa shape index (κ2) is 8.68. The Balaban J connectivity index is 1.70. The van der Waals surface area contributed by atoms with Gasteiger partial charge in [-0.3, -0.25) is 0 Å². The minimum atomic E-state index is 0.641. The van der Waals surface area contributed by atoms with Gasteiger partial charge in [0.15, 0.2) is 11.5 Å². The standard InChI is InChI=1S/C19H23ClO3/c1-14-6-8-18(19(12-14)21-3)23-11-5-4-10-22-17-9-7-16(20)13-15(17)2/h6-9,12-13H,4-5,10-11H2,1-3H3. The highest BCUT2D eigenvalue weighted by Crippen LogP contribution is 2.28. The van der Waals surface area contributed by atoms with Crippen molar-refractivity contribution < 1.29 is 14.2 Å². The SMILES string of the molecule is COc1cc(C)ccc1OCCCCOc1ccc(Cl)cc1C. The third-order valence-corrected chi connectivity index (χ3v) is 3.75. The predicted molar refractivity (Wildman–Crippen MR) is 94.1 cm³/mol. The van der Waals surface area contributed by atoms with E-state index in [1.165, 1.54) is 0 Å². The van der Waals surface area contributed by atoms with Gasteiger partial charge in [0.1, 0.15) is 5.75 Å². The van der Waals surface area contributed by atoms with E-state index in [9.17, 15) is 0 Å². The molecule has 0 aromatic heterocycles. The molecule has 2 aromatic carbocycles. The Labute approximate surface area is 143 Å². The van der Waals surface area contributed by atoms with E-state index >= 15 is 0 Å². The highest BCUT2D eigenvalue weighted by Gasteiger charge is 2.04. The lowest BCUT2D eigenvalue weighted by molar-refractivity contribution is 0.257. The molecule has 2 aromatic rings. The van der Waals surface area contributed by atoms with Crippen LogP contribution in [0.3, 0.4) is 0 Å². The normalized spacial score (nSPS) is 10.4. The summed E-state index contributed by atoms with van der Waals surface area (Å²) in [5, 5.41) is 0.732. The van der Waals surface area contributed by atoms with Crippen LogP contribution in [-0.4, -0.2) is 20.3 Å². The lowest BCUT2D eigenvalue weighted by atomic mass is 10.2. The number of methoxy groups -OCH3 is 1. The van der Waals surface area contributed by atoms with E-state index in [0.29, 0.717) is 13.2 Å². The van der Waals surface area contributed by atoms with Gasteiger partial charge in [-0.25, -0.2) is 0 Å². The Morgan fingerprint density at radius 1 is 0.826 bits per heavy atom. The average molecular weight is 335 g/mol. The molecule has 0 aliphatic rings. The molecule has 0 bridgehead atoms.